The molecule has 2 heterocycles. The van der Waals surface area contributed by atoms with E-state index in [0.29, 0.717) is 6.54 Å². The first kappa shape index (κ1) is 17.9. The molecule has 2 fully saturated rings. The predicted octanol–water partition coefficient (Wildman–Crippen LogP) is 2.84. The highest BCUT2D eigenvalue weighted by atomic mass is 19.1. The number of ether oxygens (including phenoxy) is 2. The number of likely N-dealkylation sites (tertiary alicyclic amines) is 1. The van der Waals surface area contributed by atoms with Crippen LogP contribution in [0.5, 0.6) is 5.75 Å². The number of anilines is 1. The van der Waals surface area contributed by atoms with Crippen molar-refractivity contribution in [1.82, 2.24) is 4.90 Å². The molecule has 2 aromatic rings. The van der Waals surface area contributed by atoms with Crippen LogP contribution < -0.4 is 9.64 Å². The number of carbonyl (C=O) groups is 1. The lowest BCUT2D eigenvalue weighted by atomic mass is 10.00. The van der Waals surface area contributed by atoms with Gasteiger partial charge in [0.15, 0.2) is 0 Å². The molecule has 2 aliphatic rings. The van der Waals surface area contributed by atoms with Crippen LogP contribution in [-0.4, -0.2) is 49.8 Å². The smallest absolute Gasteiger partial charge is 0.253 e. The highest BCUT2D eigenvalue weighted by molar-refractivity contribution is 5.95. The molecule has 142 valence electrons. The van der Waals surface area contributed by atoms with E-state index < -0.39 is 0 Å². The van der Waals surface area contributed by atoms with Gasteiger partial charge in [0.1, 0.15) is 23.8 Å². The molecule has 0 N–H and O–H groups in total. The molecule has 27 heavy (non-hydrogen) atoms. The summed E-state index contributed by atoms with van der Waals surface area (Å²) < 4.78 is 24.4. The van der Waals surface area contributed by atoms with E-state index >= 15 is 0 Å². The summed E-state index contributed by atoms with van der Waals surface area (Å²) in [6.07, 6.45) is 0.869. The maximum absolute atomic E-state index is 13.2. The average molecular weight is 370 g/mol. The van der Waals surface area contributed by atoms with Gasteiger partial charge in [-0.1, -0.05) is 12.1 Å². The van der Waals surface area contributed by atoms with Gasteiger partial charge in [-0.05, 0) is 48.4 Å². The molecule has 1 atom stereocenters. The number of carbonyl (C=O) groups excluding carboxylic acids is 1. The summed E-state index contributed by atoms with van der Waals surface area (Å²) in [7, 11) is 1.66. The molecular formula is C21H23FN2O3. The van der Waals surface area contributed by atoms with Gasteiger partial charge >= 0.3 is 0 Å². The van der Waals surface area contributed by atoms with Crippen LogP contribution in [0.25, 0.3) is 0 Å². The minimum atomic E-state index is -0.366. The second-order valence-electron chi connectivity index (χ2n) is 7.24. The second-order valence-corrected chi connectivity index (χ2v) is 7.24. The molecule has 0 bridgehead atoms. The van der Waals surface area contributed by atoms with E-state index in [1.54, 1.807) is 24.1 Å². The molecule has 6 heteroatoms. The van der Waals surface area contributed by atoms with E-state index in [1.807, 2.05) is 12.1 Å². The maximum atomic E-state index is 13.2. The minimum Gasteiger partial charge on any atom is -0.497 e. The lowest BCUT2D eigenvalue weighted by Gasteiger charge is -2.40. The van der Waals surface area contributed by atoms with Crippen molar-refractivity contribution in [2.75, 3.05) is 38.3 Å². The first-order valence-electron chi connectivity index (χ1n) is 9.12. The van der Waals surface area contributed by atoms with Gasteiger partial charge in [0.05, 0.1) is 13.7 Å². The lowest BCUT2D eigenvalue weighted by molar-refractivity contribution is -0.137. The Morgan fingerprint density at radius 1 is 1.11 bits per heavy atom. The fraction of sp³-hybridized carbons (Fsp3) is 0.381. The van der Waals surface area contributed by atoms with Crippen molar-refractivity contribution in [3.05, 3.63) is 59.9 Å². The van der Waals surface area contributed by atoms with E-state index in [2.05, 4.69) is 17.0 Å². The van der Waals surface area contributed by atoms with Crippen molar-refractivity contribution in [2.24, 2.45) is 0 Å². The van der Waals surface area contributed by atoms with E-state index in [9.17, 15) is 9.18 Å². The monoisotopic (exact) mass is 370 g/mol. The molecule has 5 nitrogen and oxygen atoms in total. The fourth-order valence-corrected chi connectivity index (χ4v) is 3.87. The molecule has 2 aromatic carbocycles. The van der Waals surface area contributed by atoms with Gasteiger partial charge in [-0.2, -0.15) is 0 Å². The minimum absolute atomic E-state index is 0.0632. The molecule has 1 spiro atoms. The Hall–Kier alpha value is -2.44. The van der Waals surface area contributed by atoms with E-state index in [1.165, 1.54) is 17.7 Å². The third-order valence-electron chi connectivity index (χ3n) is 5.35. The molecule has 2 aliphatic heterocycles. The summed E-state index contributed by atoms with van der Waals surface area (Å²) in [5, 5.41) is 0. The van der Waals surface area contributed by atoms with Gasteiger partial charge in [0.2, 0.25) is 0 Å². The van der Waals surface area contributed by atoms with E-state index in [-0.39, 0.29) is 23.9 Å². The number of hydrogen-bond acceptors (Lipinski definition) is 4. The summed E-state index contributed by atoms with van der Waals surface area (Å²) in [5.41, 5.74) is 1.57. The first-order valence-corrected chi connectivity index (χ1v) is 9.12. The molecule has 0 radical (unpaired) electrons. The topological polar surface area (TPSA) is 42.0 Å². The van der Waals surface area contributed by atoms with Crippen molar-refractivity contribution < 1.29 is 18.7 Å². The molecule has 2 saturated heterocycles. The van der Waals surface area contributed by atoms with Crippen LogP contribution >= 0.6 is 0 Å². The maximum Gasteiger partial charge on any atom is 0.253 e. The highest BCUT2D eigenvalue weighted by Crippen LogP contribution is 2.33. The Bertz CT molecular complexity index is 809. The van der Waals surface area contributed by atoms with E-state index in [4.69, 9.17) is 9.47 Å². The number of methoxy groups -OCH3 is 1. The molecule has 0 saturated carbocycles. The molecule has 1 amide bonds. The van der Waals surface area contributed by atoms with Crippen molar-refractivity contribution in [1.29, 1.82) is 0 Å². The number of hydrogen-bond donors (Lipinski definition) is 0. The van der Waals surface area contributed by atoms with Crippen LogP contribution in [0, 0.1) is 5.82 Å². The van der Waals surface area contributed by atoms with Crippen LogP contribution in [0.2, 0.25) is 0 Å². The van der Waals surface area contributed by atoms with Crippen molar-refractivity contribution >= 4 is 11.6 Å². The Labute approximate surface area is 158 Å². The number of halogens is 1. The summed E-state index contributed by atoms with van der Waals surface area (Å²) in [6, 6.07) is 14.1. The number of rotatable bonds is 4. The van der Waals surface area contributed by atoms with Gasteiger partial charge in [-0.15, -0.1) is 0 Å². The lowest BCUT2D eigenvalue weighted by Crippen LogP contribution is -2.56. The largest absolute Gasteiger partial charge is 0.497 e. The summed E-state index contributed by atoms with van der Waals surface area (Å²) in [5.74, 6) is 0.460. The van der Waals surface area contributed by atoms with Crippen LogP contribution in [-0.2, 0) is 16.1 Å². The fourth-order valence-electron chi connectivity index (χ4n) is 3.87. The van der Waals surface area contributed by atoms with Crippen molar-refractivity contribution in [2.45, 2.75) is 18.6 Å². The molecule has 4 rings (SSSR count). The van der Waals surface area contributed by atoms with Gasteiger partial charge in [0, 0.05) is 25.3 Å². The van der Waals surface area contributed by atoms with Crippen LogP contribution in [0.15, 0.2) is 48.5 Å². The van der Waals surface area contributed by atoms with Crippen molar-refractivity contribution in [3.63, 3.8) is 0 Å². The molecular weight excluding hydrogens is 347 g/mol. The zero-order valence-electron chi connectivity index (χ0n) is 15.4. The van der Waals surface area contributed by atoms with Gasteiger partial charge in [0.25, 0.3) is 5.91 Å². The Morgan fingerprint density at radius 3 is 2.56 bits per heavy atom. The SMILES string of the molecule is COc1ccc(CN2CCC3(C2)CN(c2ccc(F)cc2)C(=O)CO3)cc1. The van der Waals surface area contributed by atoms with Crippen LogP contribution in [0.3, 0.4) is 0 Å². The second kappa shape index (κ2) is 7.29. The number of morpholine rings is 1. The van der Waals surface area contributed by atoms with Crippen molar-refractivity contribution in [3.8, 4) is 5.75 Å². The summed E-state index contributed by atoms with van der Waals surface area (Å²) >= 11 is 0. The standard InChI is InChI=1S/C21H23FN2O3/c1-26-19-8-2-16(3-9-19)12-23-11-10-21(14-23)15-24(20(25)13-27-21)18-6-4-17(22)5-7-18/h2-9H,10-15H2,1H3. The van der Waals surface area contributed by atoms with E-state index in [0.717, 1.165) is 37.5 Å². The Balaban J connectivity index is 1.44. The molecule has 0 aliphatic carbocycles. The number of amides is 1. The number of benzene rings is 2. The average Bonchev–Trinajstić information content (AvgIpc) is 3.07. The Morgan fingerprint density at radius 2 is 1.85 bits per heavy atom. The van der Waals surface area contributed by atoms with Gasteiger partial charge < -0.3 is 14.4 Å². The normalized spacial score (nSPS) is 23.2. The third-order valence-corrected chi connectivity index (χ3v) is 5.35. The summed E-state index contributed by atoms with van der Waals surface area (Å²) in [4.78, 5) is 16.4. The quantitative estimate of drug-likeness (QED) is 0.830. The molecule has 1 unspecified atom stereocenters. The summed E-state index contributed by atoms with van der Waals surface area (Å²) in [6.45, 7) is 3.07. The van der Waals surface area contributed by atoms with Crippen LogP contribution in [0.4, 0.5) is 10.1 Å². The van der Waals surface area contributed by atoms with Crippen LogP contribution in [0.1, 0.15) is 12.0 Å². The zero-order valence-corrected chi connectivity index (χ0v) is 15.4. The molecule has 0 aromatic heterocycles. The third kappa shape index (κ3) is 3.82. The Kier molecular flexibility index (Phi) is 4.85. The predicted molar refractivity (Wildman–Crippen MR) is 100 cm³/mol. The number of nitrogens with zero attached hydrogens (tertiary/aromatic N) is 2. The van der Waals surface area contributed by atoms with Gasteiger partial charge in [-0.25, -0.2) is 4.39 Å². The highest BCUT2D eigenvalue weighted by Gasteiger charge is 2.45. The first-order chi connectivity index (χ1) is 13.1. The zero-order chi connectivity index (χ0) is 18.9. The van der Waals surface area contributed by atoms with Gasteiger partial charge in [-0.3, -0.25) is 9.69 Å².